The van der Waals surface area contributed by atoms with Crippen molar-refractivity contribution in [2.24, 2.45) is 0 Å². The predicted molar refractivity (Wildman–Crippen MR) is 65.5 cm³/mol. The minimum atomic E-state index is 0.598. The first-order valence-corrected chi connectivity index (χ1v) is 5.40. The van der Waals surface area contributed by atoms with Gasteiger partial charge in [0.1, 0.15) is 18.0 Å². The molecule has 0 fully saturated rings. The molecule has 0 saturated heterocycles. The van der Waals surface area contributed by atoms with Gasteiger partial charge < -0.3 is 14.6 Å². The molecule has 5 heteroatoms. The Morgan fingerprint density at radius 3 is 3.06 bits per heavy atom. The van der Waals surface area contributed by atoms with Crippen LogP contribution in [0.1, 0.15) is 10.4 Å². The van der Waals surface area contributed by atoms with E-state index in [0.29, 0.717) is 23.6 Å². The second-order valence-corrected chi connectivity index (χ2v) is 4.08. The Morgan fingerprint density at radius 1 is 1.53 bits per heavy atom. The smallest absolute Gasteiger partial charge is 0.152 e. The number of likely N-dealkylation sites (N-methyl/N-ethyl adjacent to an activating group) is 1. The number of hydrogen-bond acceptors (Lipinski definition) is 4. The summed E-state index contributed by atoms with van der Waals surface area (Å²) in [5.41, 5.74) is 1.30. The molecule has 5 nitrogen and oxygen atoms in total. The summed E-state index contributed by atoms with van der Waals surface area (Å²) in [5.74, 6) is 0.682. The number of nitrogens with zero attached hydrogens (tertiary/aromatic N) is 2. The van der Waals surface area contributed by atoms with Gasteiger partial charge >= 0.3 is 0 Å². The molecule has 0 atom stereocenters. The van der Waals surface area contributed by atoms with Gasteiger partial charge in [-0.1, -0.05) is 0 Å². The van der Waals surface area contributed by atoms with Gasteiger partial charge in [0.2, 0.25) is 0 Å². The van der Waals surface area contributed by atoms with E-state index < -0.39 is 0 Å². The van der Waals surface area contributed by atoms with Gasteiger partial charge in [0.05, 0.1) is 6.20 Å². The first kappa shape index (κ1) is 11.6. The molecule has 17 heavy (non-hydrogen) atoms. The average molecular weight is 233 g/mol. The summed E-state index contributed by atoms with van der Waals surface area (Å²) >= 11 is 0. The molecule has 0 saturated carbocycles. The topological polar surface area (TPSA) is 58.2 Å². The molecule has 0 aliphatic heterocycles. The number of nitrogens with one attached hydrogen (secondary N) is 1. The van der Waals surface area contributed by atoms with Crippen LogP contribution in [-0.4, -0.2) is 48.4 Å². The van der Waals surface area contributed by atoms with Crippen molar-refractivity contribution in [3.05, 3.63) is 24.0 Å². The Kier molecular flexibility index (Phi) is 3.39. The third-order valence-electron chi connectivity index (χ3n) is 2.47. The molecule has 0 spiro atoms. The van der Waals surface area contributed by atoms with Crippen molar-refractivity contribution >= 4 is 17.3 Å². The highest BCUT2D eigenvalue weighted by Crippen LogP contribution is 2.20. The fourth-order valence-electron chi connectivity index (χ4n) is 1.53. The second-order valence-electron chi connectivity index (χ2n) is 4.08. The van der Waals surface area contributed by atoms with Crippen LogP contribution < -0.4 is 4.74 Å². The van der Waals surface area contributed by atoms with E-state index >= 15 is 0 Å². The second kappa shape index (κ2) is 4.97. The van der Waals surface area contributed by atoms with Crippen LogP contribution in [0.4, 0.5) is 0 Å². The number of aldehydes is 1. The third kappa shape index (κ3) is 2.62. The highest BCUT2D eigenvalue weighted by Gasteiger charge is 2.05. The highest BCUT2D eigenvalue weighted by molar-refractivity contribution is 5.96. The van der Waals surface area contributed by atoms with Crippen molar-refractivity contribution in [2.45, 2.75) is 0 Å². The fraction of sp³-hybridized carbons (Fsp3) is 0.333. The quantitative estimate of drug-likeness (QED) is 0.791. The molecule has 90 valence electrons. The number of H-pyrrole nitrogens is 1. The average Bonchev–Trinajstić information content (AvgIpc) is 2.70. The standard InChI is InChI=1S/C12H15N3O2/c1-15(2)3-4-17-10-5-11-9(8-16)6-13-12(11)14-7-10/h5-8H,3-4H2,1-2H3,(H,13,14). The summed E-state index contributed by atoms with van der Waals surface area (Å²) in [7, 11) is 3.98. The van der Waals surface area contributed by atoms with Crippen molar-refractivity contribution in [3.8, 4) is 5.75 Å². The highest BCUT2D eigenvalue weighted by atomic mass is 16.5. The van der Waals surface area contributed by atoms with E-state index in [1.54, 1.807) is 12.4 Å². The number of fused-ring (bicyclic) bond motifs is 1. The lowest BCUT2D eigenvalue weighted by Gasteiger charge is -2.10. The van der Waals surface area contributed by atoms with E-state index in [1.165, 1.54) is 0 Å². The minimum absolute atomic E-state index is 0.598. The lowest BCUT2D eigenvalue weighted by atomic mass is 10.2. The van der Waals surface area contributed by atoms with Crippen LogP contribution in [0.5, 0.6) is 5.75 Å². The number of pyridine rings is 1. The summed E-state index contributed by atoms with van der Waals surface area (Å²) in [4.78, 5) is 20.0. The zero-order valence-electron chi connectivity index (χ0n) is 9.93. The van der Waals surface area contributed by atoms with Crippen molar-refractivity contribution < 1.29 is 9.53 Å². The normalized spacial score (nSPS) is 11.0. The summed E-state index contributed by atoms with van der Waals surface area (Å²) in [6, 6.07) is 1.83. The lowest BCUT2D eigenvalue weighted by Crippen LogP contribution is -2.19. The van der Waals surface area contributed by atoms with Crippen LogP contribution in [0.3, 0.4) is 0 Å². The molecule has 0 aliphatic carbocycles. The Balaban J connectivity index is 2.15. The van der Waals surface area contributed by atoms with Gasteiger partial charge in [-0.25, -0.2) is 4.98 Å². The maximum Gasteiger partial charge on any atom is 0.152 e. The van der Waals surface area contributed by atoms with Crippen LogP contribution in [0.25, 0.3) is 11.0 Å². The van der Waals surface area contributed by atoms with Gasteiger partial charge in [0.25, 0.3) is 0 Å². The Labute approximate surface area is 99.4 Å². The molecule has 2 aromatic rings. The molecule has 0 unspecified atom stereocenters. The number of hydrogen-bond donors (Lipinski definition) is 1. The largest absolute Gasteiger partial charge is 0.491 e. The molecule has 1 N–H and O–H groups in total. The van der Waals surface area contributed by atoms with E-state index in [1.807, 2.05) is 25.1 Å². The van der Waals surface area contributed by atoms with Gasteiger partial charge in [0.15, 0.2) is 6.29 Å². The van der Waals surface area contributed by atoms with Gasteiger partial charge in [-0.2, -0.15) is 0 Å². The zero-order chi connectivity index (χ0) is 12.3. The molecule has 2 aromatic heterocycles. The monoisotopic (exact) mass is 233 g/mol. The van der Waals surface area contributed by atoms with Crippen LogP contribution in [0, 0.1) is 0 Å². The summed E-state index contributed by atoms with van der Waals surface area (Å²) in [6.45, 7) is 1.44. The maximum atomic E-state index is 10.8. The number of rotatable bonds is 5. The van der Waals surface area contributed by atoms with Crippen LogP contribution in [0.2, 0.25) is 0 Å². The summed E-state index contributed by atoms with van der Waals surface area (Å²) < 4.78 is 5.56. The Hall–Kier alpha value is -1.88. The summed E-state index contributed by atoms with van der Waals surface area (Å²) in [5, 5.41) is 0.794. The number of carbonyl (C=O) groups excluding carboxylic acids is 1. The molecule has 0 amide bonds. The van der Waals surface area contributed by atoms with Crippen LogP contribution in [-0.2, 0) is 0 Å². The molecular weight excluding hydrogens is 218 g/mol. The van der Waals surface area contributed by atoms with Gasteiger partial charge in [0, 0.05) is 23.7 Å². The number of aromatic nitrogens is 2. The van der Waals surface area contributed by atoms with E-state index in [9.17, 15) is 4.79 Å². The minimum Gasteiger partial charge on any atom is -0.491 e. The fourth-order valence-corrected chi connectivity index (χ4v) is 1.53. The Bertz CT molecular complexity index is 519. The SMILES string of the molecule is CN(C)CCOc1cnc2[nH]cc(C=O)c2c1. The van der Waals surface area contributed by atoms with Crippen molar-refractivity contribution in [3.63, 3.8) is 0 Å². The number of carbonyl (C=O) groups is 1. The molecule has 0 bridgehead atoms. The van der Waals surface area contributed by atoms with Gasteiger partial charge in [-0.3, -0.25) is 4.79 Å². The van der Waals surface area contributed by atoms with E-state index in [2.05, 4.69) is 9.97 Å². The van der Waals surface area contributed by atoms with Gasteiger partial charge in [-0.15, -0.1) is 0 Å². The van der Waals surface area contributed by atoms with E-state index in [4.69, 9.17) is 4.74 Å². The van der Waals surface area contributed by atoms with Crippen molar-refractivity contribution in [1.82, 2.24) is 14.9 Å². The number of aromatic amines is 1. The molecule has 0 aromatic carbocycles. The van der Waals surface area contributed by atoms with E-state index in [0.717, 1.165) is 18.2 Å². The molecule has 2 heterocycles. The maximum absolute atomic E-state index is 10.8. The number of ether oxygens (including phenoxy) is 1. The van der Waals surface area contributed by atoms with Gasteiger partial charge in [-0.05, 0) is 20.2 Å². The molecule has 0 radical (unpaired) electrons. The molecule has 2 rings (SSSR count). The molecule has 0 aliphatic rings. The van der Waals surface area contributed by atoms with Crippen molar-refractivity contribution in [2.75, 3.05) is 27.2 Å². The first-order valence-electron chi connectivity index (χ1n) is 5.40. The van der Waals surface area contributed by atoms with Crippen LogP contribution in [0.15, 0.2) is 18.5 Å². The lowest BCUT2D eigenvalue weighted by molar-refractivity contribution is 0.112. The van der Waals surface area contributed by atoms with Crippen molar-refractivity contribution in [1.29, 1.82) is 0 Å². The summed E-state index contributed by atoms with van der Waals surface area (Å²) in [6.07, 6.45) is 4.11. The van der Waals surface area contributed by atoms with E-state index in [-0.39, 0.29) is 0 Å². The molecular formula is C12H15N3O2. The Morgan fingerprint density at radius 2 is 2.35 bits per heavy atom. The van der Waals surface area contributed by atoms with Crippen LogP contribution >= 0.6 is 0 Å². The third-order valence-corrected chi connectivity index (χ3v) is 2.47. The first-order chi connectivity index (χ1) is 8.20. The predicted octanol–water partition coefficient (Wildman–Crippen LogP) is 1.32. The zero-order valence-corrected chi connectivity index (χ0v) is 9.93.